The van der Waals surface area contributed by atoms with E-state index in [2.05, 4.69) is 20.8 Å². The van der Waals surface area contributed by atoms with Crippen LogP contribution < -0.4 is 0 Å². The first-order valence-corrected chi connectivity index (χ1v) is 7.53. The molecule has 0 spiro atoms. The zero-order valence-electron chi connectivity index (χ0n) is 11.9. The maximum absolute atomic E-state index is 6.23. The van der Waals surface area contributed by atoms with E-state index < -0.39 is 0 Å². The summed E-state index contributed by atoms with van der Waals surface area (Å²) in [6.07, 6.45) is 9.25. The molecule has 2 atom stereocenters. The SMILES string of the molecule is CCC(CC)CC1COCCCCC(CC)O1. The van der Waals surface area contributed by atoms with Crippen LogP contribution in [0.4, 0.5) is 0 Å². The highest BCUT2D eigenvalue weighted by Gasteiger charge is 2.20. The normalized spacial score (nSPS) is 27.5. The van der Waals surface area contributed by atoms with Crippen LogP contribution in [0, 0.1) is 5.92 Å². The van der Waals surface area contributed by atoms with Crippen LogP contribution in [0.1, 0.15) is 65.7 Å². The molecule has 1 fully saturated rings. The molecule has 1 aliphatic heterocycles. The van der Waals surface area contributed by atoms with E-state index in [4.69, 9.17) is 9.47 Å². The quantitative estimate of drug-likeness (QED) is 0.720. The van der Waals surface area contributed by atoms with Crippen molar-refractivity contribution in [2.75, 3.05) is 13.2 Å². The summed E-state index contributed by atoms with van der Waals surface area (Å²) >= 11 is 0. The van der Waals surface area contributed by atoms with Gasteiger partial charge in [0.1, 0.15) is 0 Å². The minimum absolute atomic E-state index is 0.322. The van der Waals surface area contributed by atoms with Gasteiger partial charge in [-0.05, 0) is 38.0 Å². The Morgan fingerprint density at radius 1 is 1.06 bits per heavy atom. The lowest BCUT2D eigenvalue weighted by Gasteiger charge is -2.26. The summed E-state index contributed by atoms with van der Waals surface area (Å²) in [7, 11) is 0. The molecule has 0 aromatic carbocycles. The lowest BCUT2D eigenvalue weighted by Crippen LogP contribution is -2.27. The maximum atomic E-state index is 6.23. The molecule has 0 radical (unpaired) electrons. The van der Waals surface area contributed by atoms with Gasteiger partial charge in [-0.15, -0.1) is 0 Å². The smallest absolute Gasteiger partial charge is 0.0814 e. The lowest BCUT2D eigenvalue weighted by atomic mass is 9.96. The molecule has 17 heavy (non-hydrogen) atoms. The molecule has 2 unspecified atom stereocenters. The van der Waals surface area contributed by atoms with Crippen LogP contribution in [-0.2, 0) is 9.47 Å². The van der Waals surface area contributed by atoms with E-state index in [0.29, 0.717) is 12.2 Å². The van der Waals surface area contributed by atoms with Crippen molar-refractivity contribution in [3.05, 3.63) is 0 Å². The van der Waals surface area contributed by atoms with Gasteiger partial charge in [0, 0.05) is 6.61 Å². The molecule has 102 valence electrons. The summed E-state index contributed by atoms with van der Waals surface area (Å²) in [6.45, 7) is 8.51. The molecular weight excluding hydrogens is 212 g/mol. The molecule has 1 rings (SSSR count). The zero-order chi connectivity index (χ0) is 12.5. The molecule has 0 saturated carbocycles. The Bertz CT molecular complexity index is 178. The third-order valence-corrected chi connectivity index (χ3v) is 3.96. The van der Waals surface area contributed by atoms with Gasteiger partial charge in [-0.3, -0.25) is 0 Å². The minimum Gasteiger partial charge on any atom is -0.379 e. The molecule has 1 aliphatic rings. The summed E-state index contributed by atoms with van der Waals surface area (Å²) in [5.41, 5.74) is 0. The van der Waals surface area contributed by atoms with E-state index in [1.165, 1.54) is 38.5 Å². The Labute approximate surface area is 107 Å². The minimum atomic E-state index is 0.322. The number of rotatable bonds is 5. The van der Waals surface area contributed by atoms with Crippen molar-refractivity contribution < 1.29 is 9.47 Å². The van der Waals surface area contributed by atoms with Crippen molar-refractivity contribution in [2.45, 2.75) is 77.9 Å². The topological polar surface area (TPSA) is 18.5 Å². The highest BCUT2D eigenvalue weighted by atomic mass is 16.5. The van der Waals surface area contributed by atoms with Gasteiger partial charge in [-0.25, -0.2) is 0 Å². The summed E-state index contributed by atoms with van der Waals surface area (Å²) in [6, 6.07) is 0. The van der Waals surface area contributed by atoms with E-state index in [0.717, 1.165) is 25.6 Å². The molecule has 0 aliphatic carbocycles. The molecule has 0 amide bonds. The maximum Gasteiger partial charge on any atom is 0.0814 e. The Morgan fingerprint density at radius 2 is 1.82 bits per heavy atom. The van der Waals surface area contributed by atoms with E-state index >= 15 is 0 Å². The fraction of sp³-hybridized carbons (Fsp3) is 1.00. The van der Waals surface area contributed by atoms with Gasteiger partial charge in [0.2, 0.25) is 0 Å². The first kappa shape index (κ1) is 15.0. The summed E-state index contributed by atoms with van der Waals surface area (Å²) in [5, 5.41) is 0. The van der Waals surface area contributed by atoms with E-state index in [1.807, 2.05) is 0 Å². The van der Waals surface area contributed by atoms with Gasteiger partial charge in [-0.2, -0.15) is 0 Å². The second-order valence-corrected chi connectivity index (χ2v) is 5.28. The van der Waals surface area contributed by atoms with Crippen molar-refractivity contribution >= 4 is 0 Å². The van der Waals surface area contributed by atoms with Gasteiger partial charge in [0.25, 0.3) is 0 Å². The van der Waals surface area contributed by atoms with Crippen molar-refractivity contribution in [1.29, 1.82) is 0 Å². The Kier molecular flexibility index (Phi) is 7.87. The first-order valence-electron chi connectivity index (χ1n) is 7.53. The van der Waals surface area contributed by atoms with E-state index in [9.17, 15) is 0 Å². The second kappa shape index (κ2) is 8.93. The highest BCUT2D eigenvalue weighted by molar-refractivity contribution is 4.69. The van der Waals surface area contributed by atoms with Gasteiger partial charge in [0.15, 0.2) is 0 Å². The monoisotopic (exact) mass is 242 g/mol. The zero-order valence-corrected chi connectivity index (χ0v) is 11.9. The number of ether oxygens (including phenoxy) is 2. The number of hydrogen-bond acceptors (Lipinski definition) is 2. The Balaban J connectivity index is 2.46. The standard InChI is InChI=1S/C15H30O2/c1-4-13(5-2)11-15-12-16-10-8-7-9-14(6-3)17-15/h13-15H,4-12H2,1-3H3. The van der Waals surface area contributed by atoms with Crippen molar-refractivity contribution in [1.82, 2.24) is 0 Å². The van der Waals surface area contributed by atoms with Crippen LogP contribution in [0.2, 0.25) is 0 Å². The largest absolute Gasteiger partial charge is 0.379 e. The van der Waals surface area contributed by atoms with Crippen LogP contribution in [0.5, 0.6) is 0 Å². The fourth-order valence-corrected chi connectivity index (χ4v) is 2.59. The molecule has 2 heteroatoms. The molecule has 0 N–H and O–H groups in total. The van der Waals surface area contributed by atoms with Crippen LogP contribution in [0.25, 0.3) is 0 Å². The molecule has 0 aromatic rings. The molecule has 0 aromatic heterocycles. The predicted octanol–water partition coefficient (Wildman–Crippen LogP) is 4.18. The molecule has 2 nitrogen and oxygen atoms in total. The molecule has 1 saturated heterocycles. The average Bonchev–Trinajstić information content (AvgIpc) is 2.47. The average molecular weight is 242 g/mol. The highest BCUT2D eigenvalue weighted by Crippen LogP contribution is 2.21. The third kappa shape index (κ3) is 5.87. The lowest BCUT2D eigenvalue weighted by molar-refractivity contribution is -0.0630. The predicted molar refractivity (Wildman–Crippen MR) is 72.3 cm³/mol. The molecule has 0 bridgehead atoms. The Hall–Kier alpha value is -0.0800. The summed E-state index contributed by atoms with van der Waals surface area (Å²) < 4.78 is 12.0. The third-order valence-electron chi connectivity index (χ3n) is 3.96. The van der Waals surface area contributed by atoms with Gasteiger partial charge in [0.05, 0.1) is 18.8 Å². The van der Waals surface area contributed by atoms with Gasteiger partial charge in [-0.1, -0.05) is 33.6 Å². The summed E-state index contributed by atoms with van der Waals surface area (Å²) in [5.74, 6) is 0.793. The van der Waals surface area contributed by atoms with Crippen LogP contribution in [-0.4, -0.2) is 25.4 Å². The first-order chi connectivity index (χ1) is 8.30. The Morgan fingerprint density at radius 3 is 2.47 bits per heavy atom. The summed E-state index contributed by atoms with van der Waals surface area (Å²) in [4.78, 5) is 0. The van der Waals surface area contributed by atoms with E-state index in [-0.39, 0.29) is 0 Å². The van der Waals surface area contributed by atoms with Gasteiger partial charge >= 0.3 is 0 Å². The van der Waals surface area contributed by atoms with Crippen LogP contribution >= 0.6 is 0 Å². The van der Waals surface area contributed by atoms with Gasteiger partial charge < -0.3 is 9.47 Å². The van der Waals surface area contributed by atoms with Crippen molar-refractivity contribution in [2.24, 2.45) is 5.92 Å². The van der Waals surface area contributed by atoms with Crippen LogP contribution in [0.15, 0.2) is 0 Å². The molecule has 1 heterocycles. The number of hydrogen-bond donors (Lipinski definition) is 0. The van der Waals surface area contributed by atoms with Crippen LogP contribution in [0.3, 0.4) is 0 Å². The van der Waals surface area contributed by atoms with E-state index in [1.54, 1.807) is 0 Å². The fourth-order valence-electron chi connectivity index (χ4n) is 2.59. The van der Waals surface area contributed by atoms with Crippen molar-refractivity contribution in [3.63, 3.8) is 0 Å². The van der Waals surface area contributed by atoms with Crippen molar-refractivity contribution in [3.8, 4) is 0 Å². The second-order valence-electron chi connectivity index (χ2n) is 5.28. The molecular formula is C15H30O2.